The molecule has 11 heteroatoms. The molecule has 0 radical (unpaired) electrons. The van der Waals surface area contributed by atoms with Crippen LogP contribution < -0.4 is 15.1 Å². The van der Waals surface area contributed by atoms with Crippen LogP contribution in [0.5, 0.6) is 5.75 Å². The Kier molecular flexibility index (Phi) is 15.8. The summed E-state index contributed by atoms with van der Waals surface area (Å²) >= 11 is 0. The Morgan fingerprint density at radius 1 is 0.640 bits per heavy atom. The van der Waals surface area contributed by atoms with Crippen LogP contribution in [0.15, 0.2) is 206 Å². The van der Waals surface area contributed by atoms with Crippen molar-refractivity contribution in [2.45, 2.75) is 75.9 Å². The van der Waals surface area contributed by atoms with Crippen LogP contribution in [0, 0.1) is 5.92 Å². The van der Waals surface area contributed by atoms with Gasteiger partial charge in [0.2, 0.25) is 0 Å². The minimum absolute atomic E-state index is 0.0552. The van der Waals surface area contributed by atoms with Gasteiger partial charge in [0.15, 0.2) is 0 Å². The van der Waals surface area contributed by atoms with Gasteiger partial charge in [-0.25, -0.2) is 9.36 Å². The number of carbonyl (C=O) groups is 1. The van der Waals surface area contributed by atoms with Crippen LogP contribution >= 0.6 is 7.82 Å². The fourth-order valence-corrected chi connectivity index (χ4v) is 17.2. The molecule has 75 heavy (non-hydrogen) atoms. The third kappa shape index (κ3) is 11.1. The van der Waals surface area contributed by atoms with E-state index in [0.717, 1.165) is 66.2 Å². The Hall–Kier alpha value is -6.46. The van der Waals surface area contributed by atoms with Crippen LogP contribution in [0.25, 0.3) is 22.3 Å². The highest BCUT2D eigenvalue weighted by atomic mass is 31.2. The van der Waals surface area contributed by atoms with E-state index in [0.29, 0.717) is 6.61 Å². The quantitative estimate of drug-likeness (QED) is 0.0302. The van der Waals surface area contributed by atoms with E-state index in [2.05, 4.69) is 118 Å². The van der Waals surface area contributed by atoms with Crippen molar-refractivity contribution in [1.82, 2.24) is 0 Å². The number of fused-ring (bicyclic) bond motifs is 6. The van der Waals surface area contributed by atoms with Crippen molar-refractivity contribution in [3.63, 3.8) is 0 Å². The Morgan fingerprint density at radius 3 is 1.57 bits per heavy atom. The van der Waals surface area contributed by atoms with Crippen LogP contribution in [-0.4, -0.2) is 59.5 Å². The fraction of sp³-hybridized carbons (Fsp3) is 0.266. The second kappa shape index (κ2) is 22.8. The van der Waals surface area contributed by atoms with Gasteiger partial charge < -0.3 is 18.6 Å². The standard InChI is InChI=1S/C64H65O9PSi/c1-45(41-68-42-46-35-37-47(67-5)38-36-46)60(33-20-34-61-62(39-40-63(65)71-61)73-75(64(2,3)4,48-21-8-6-9-22-48)49-23-10-7-11-24-49)72-74(66,69-43-58-54-29-16-12-25-50(54)51-26-13-17-30-55(51)58)70-44-59-56-31-18-14-27-52(56)53-28-15-19-32-57(53)59/h6-32,34-40,45,58-62H,33,41-44H2,1-5H3/b34-20+/t45-,60-,61-,62-/m0/s1. The molecule has 9 nitrogen and oxygen atoms in total. The van der Waals surface area contributed by atoms with Gasteiger partial charge in [0.25, 0.3) is 8.32 Å². The first-order valence-electron chi connectivity index (χ1n) is 25.9. The lowest BCUT2D eigenvalue weighted by atomic mass is 9.98. The molecule has 0 unspecified atom stereocenters. The van der Waals surface area contributed by atoms with E-state index >= 15 is 4.57 Å². The molecule has 1 aliphatic heterocycles. The van der Waals surface area contributed by atoms with E-state index in [1.165, 1.54) is 6.08 Å². The summed E-state index contributed by atoms with van der Waals surface area (Å²) in [7, 11) is -5.85. The third-order valence-electron chi connectivity index (χ3n) is 14.9. The second-order valence-electron chi connectivity index (χ2n) is 20.6. The van der Waals surface area contributed by atoms with Crippen molar-refractivity contribution in [3.05, 3.63) is 234 Å². The first-order chi connectivity index (χ1) is 36.4. The molecule has 1 heterocycles. The molecule has 7 aromatic rings. The molecule has 7 aromatic carbocycles. The molecule has 0 saturated heterocycles. The average molecular weight is 1040 g/mol. The molecule has 4 atom stereocenters. The number of cyclic esters (lactones) is 1. The van der Waals surface area contributed by atoms with E-state index in [1.54, 1.807) is 7.11 Å². The Labute approximate surface area is 442 Å². The number of esters is 1. The molecule has 3 aliphatic rings. The molecule has 0 aromatic heterocycles. The monoisotopic (exact) mass is 1040 g/mol. The summed E-state index contributed by atoms with van der Waals surface area (Å²) in [4.78, 5) is 13.1. The number of hydrogen-bond donors (Lipinski definition) is 0. The summed E-state index contributed by atoms with van der Waals surface area (Å²) < 4.78 is 61.5. The molecular formula is C64H65O9PSi. The second-order valence-corrected chi connectivity index (χ2v) is 26.5. The van der Waals surface area contributed by atoms with Crippen LogP contribution in [-0.2, 0) is 43.4 Å². The van der Waals surface area contributed by atoms with E-state index in [1.807, 2.05) is 110 Å². The van der Waals surface area contributed by atoms with Gasteiger partial charge in [-0.3, -0.25) is 13.6 Å². The van der Waals surface area contributed by atoms with Crippen LogP contribution in [0.4, 0.5) is 0 Å². The lowest BCUT2D eigenvalue weighted by Gasteiger charge is -2.45. The zero-order valence-electron chi connectivity index (χ0n) is 43.3. The summed E-state index contributed by atoms with van der Waals surface area (Å²) in [5.74, 6) is -0.453. The smallest absolute Gasteiger partial charge is 0.475 e. The van der Waals surface area contributed by atoms with Gasteiger partial charge in [0.1, 0.15) is 18.0 Å². The molecule has 0 fully saturated rings. The van der Waals surface area contributed by atoms with Crippen molar-refractivity contribution in [2.75, 3.05) is 26.9 Å². The summed E-state index contributed by atoms with van der Waals surface area (Å²) in [6.07, 6.45) is 5.17. The topological polar surface area (TPSA) is 98.8 Å². The molecule has 0 spiro atoms. The summed E-state index contributed by atoms with van der Waals surface area (Å²) in [5.41, 5.74) is 9.84. The number of methoxy groups -OCH3 is 1. The van der Waals surface area contributed by atoms with Gasteiger partial charge in [-0.05, 0) is 96.2 Å². The van der Waals surface area contributed by atoms with Gasteiger partial charge in [0.05, 0.1) is 39.6 Å². The highest BCUT2D eigenvalue weighted by Gasteiger charge is 2.52. The van der Waals surface area contributed by atoms with Gasteiger partial charge in [0, 0.05) is 23.8 Å². The maximum Gasteiger partial charge on any atom is 0.475 e. The average Bonchev–Trinajstić information content (AvgIpc) is 3.94. The Morgan fingerprint density at radius 2 is 1.11 bits per heavy atom. The van der Waals surface area contributed by atoms with E-state index in [4.69, 9.17) is 32.2 Å². The van der Waals surface area contributed by atoms with Crippen LogP contribution in [0.3, 0.4) is 0 Å². The summed E-state index contributed by atoms with van der Waals surface area (Å²) in [6.45, 7) is 9.40. The number of ether oxygens (including phenoxy) is 3. The minimum Gasteiger partial charge on any atom is -0.497 e. The molecule has 10 rings (SSSR count). The van der Waals surface area contributed by atoms with Gasteiger partial charge in [-0.2, -0.15) is 0 Å². The Bertz CT molecular complexity index is 2950. The van der Waals surface area contributed by atoms with Crippen molar-refractivity contribution < 1.29 is 41.6 Å². The number of benzene rings is 7. The van der Waals surface area contributed by atoms with Crippen LogP contribution in [0.1, 0.15) is 73.8 Å². The number of hydrogen-bond acceptors (Lipinski definition) is 9. The first-order valence-corrected chi connectivity index (χ1v) is 29.3. The highest BCUT2D eigenvalue weighted by Crippen LogP contribution is 2.56. The molecule has 0 N–H and O–H groups in total. The zero-order valence-corrected chi connectivity index (χ0v) is 45.1. The normalized spacial score (nSPS) is 17.3. The molecule has 384 valence electrons. The molecule has 0 bridgehead atoms. The lowest BCUT2D eigenvalue weighted by Crippen LogP contribution is -2.68. The number of phosphoric ester groups is 1. The maximum absolute atomic E-state index is 15.9. The molecular weight excluding hydrogens is 972 g/mol. The predicted molar refractivity (Wildman–Crippen MR) is 299 cm³/mol. The molecule has 0 saturated carbocycles. The predicted octanol–water partition coefficient (Wildman–Crippen LogP) is 13.4. The number of carbonyl (C=O) groups excluding carboxylic acids is 1. The fourth-order valence-electron chi connectivity index (χ4n) is 11.1. The SMILES string of the molecule is COc1ccc(COC[C@H](C)[C@H](C/C=C/[C@@H]2OC(=O)C=C[C@@H]2O[Si](c2ccccc2)(c2ccccc2)C(C)(C)C)OP(=O)(OCC2c3ccccc3-c3ccccc32)OCC2c3ccccc3-c3ccccc32)cc1. The summed E-state index contributed by atoms with van der Waals surface area (Å²) in [5, 5.41) is 1.89. The van der Waals surface area contributed by atoms with Crippen molar-refractivity contribution in [3.8, 4) is 28.0 Å². The third-order valence-corrected chi connectivity index (χ3v) is 21.3. The summed E-state index contributed by atoms with van der Waals surface area (Å²) in [6, 6.07) is 61.7. The van der Waals surface area contributed by atoms with E-state index in [9.17, 15) is 4.79 Å². The first kappa shape index (κ1) is 52.0. The Balaban J connectivity index is 0.969. The van der Waals surface area contributed by atoms with E-state index in [-0.39, 0.29) is 49.0 Å². The van der Waals surface area contributed by atoms with Crippen LogP contribution in [0.2, 0.25) is 5.04 Å². The van der Waals surface area contributed by atoms with E-state index < -0.39 is 40.4 Å². The maximum atomic E-state index is 15.9. The van der Waals surface area contributed by atoms with Gasteiger partial charge in [-0.1, -0.05) is 204 Å². The number of phosphoric acid groups is 1. The van der Waals surface area contributed by atoms with Crippen molar-refractivity contribution in [2.24, 2.45) is 5.92 Å². The lowest BCUT2D eigenvalue weighted by molar-refractivity contribution is -0.145. The molecule has 2 aliphatic carbocycles. The van der Waals surface area contributed by atoms with Gasteiger partial charge >= 0.3 is 13.8 Å². The molecule has 0 amide bonds. The van der Waals surface area contributed by atoms with Crippen molar-refractivity contribution in [1.29, 1.82) is 0 Å². The zero-order chi connectivity index (χ0) is 52.0. The van der Waals surface area contributed by atoms with Gasteiger partial charge in [-0.15, -0.1) is 0 Å². The van der Waals surface area contributed by atoms with Crippen molar-refractivity contribution >= 4 is 32.5 Å². The number of rotatable bonds is 21. The minimum atomic E-state index is -4.41. The highest BCUT2D eigenvalue weighted by molar-refractivity contribution is 7.48. The largest absolute Gasteiger partial charge is 0.497 e.